The summed E-state index contributed by atoms with van der Waals surface area (Å²) in [5.74, 6) is 0.448. The lowest BCUT2D eigenvalue weighted by atomic mass is 9.88. The first-order valence-corrected chi connectivity index (χ1v) is 8.44. The lowest BCUT2D eigenvalue weighted by molar-refractivity contribution is -0.143. The van der Waals surface area contributed by atoms with E-state index in [0.717, 1.165) is 42.8 Å². The fourth-order valence-electron chi connectivity index (χ4n) is 3.53. The summed E-state index contributed by atoms with van der Waals surface area (Å²) in [6.45, 7) is 6.09. The van der Waals surface area contributed by atoms with Gasteiger partial charge in [0.2, 0.25) is 0 Å². The third-order valence-electron chi connectivity index (χ3n) is 4.67. The summed E-state index contributed by atoms with van der Waals surface area (Å²) in [5, 5.41) is 12.8. The summed E-state index contributed by atoms with van der Waals surface area (Å²) >= 11 is 0. The summed E-state index contributed by atoms with van der Waals surface area (Å²) in [6.07, 6.45) is 2.38. The molecule has 1 aliphatic rings. The van der Waals surface area contributed by atoms with Crippen LogP contribution in [0.2, 0.25) is 0 Å². The first kappa shape index (κ1) is 16.0. The molecule has 0 saturated carbocycles. The van der Waals surface area contributed by atoms with Gasteiger partial charge in [-0.3, -0.25) is 4.79 Å². The molecule has 0 radical (unpaired) electrons. The van der Waals surface area contributed by atoms with Crippen LogP contribution in [0.5, 0.6) is 0 Å². The van der Waals surface area contributed by atoms with E-state index in [1.54, 1.807) is 0 Å². The summed E-state index contributed by atoms with van der Waals surface area (Å²) < 4.78 is 0. The predicted octanol–water partition coefficient (Wildman–Crippen LogP) is 2.61. The zero-order valence-corrected chi connectivity index (χ0v) is 13.8. The summed E-state index contributed by atoms with van der Waals surface area (Å²) in [6, 6.07) is 6.17. The molecule has 0 spiro atoms. The van der Waals surface area contributed by atoms with Crippen molar-refractivity contribution in [2.75, 3.05) is 13.1 Å². The van der Waals surface area contributed by atoms with Gasteiger partial charge in [0.05, 0.1) is 17.0 Å². The standard InChI is InChI=1S/C18H25N3O2/c1-11(2)8-12-4-3-5-15-17(12)21-16(20-15)9-14(18(22)23)13-6-7-19-10-13/h3-5,11,13-14,19H,6-10H2,1-2H3,(H,20,21)(H,22,23). The van der Waals surface area contributed by atoms with Crippen molar-refractivity contribution < 1.29 is 9.90 Å². The van der Waals surface area contributed by atoms with Crippen molar-refractivity contribution in [1.29, 1.82) is 0 Å². The van der Waals surface area contributed by atoms with Gasteiger partial charge in [0.1, 0.15) is 5.82 Å². The summed E-state index contributed by atoms with van der Waals surface area (Å²) in [5.41, 5.74) is 3.23. The number of carbonyl (C=O) groups is 1. The molecular formula is C18H25N3O2. The quantitative estimate of drug-likeness (QED) is 0.766. The van der Waals surface area contributed by atoms with Crippen molar-refractivity contribution in [3.05, 3.63) is 29.6 Å². The van der Waals surface area contributed by atoms with Crippen molar-refractivity contribution in [2.45, 2.75) is 33.1 Å². The molecule has 0 bridgehead atoms. The second-order valence-corrected chi connectivity index (χ2v) is 7.00. The zero-order chi connectivity index (χ0) is 16.4. The van der Waals surface area contributed by atoms with Crippen LogP contribution in [0.1, 0.15) is 31.7 Å². The van der Waals surface area contributed by atoms with E-state index in [1.165, 1.54) is 5.56 Å². The molecule has 124 valence electrons. The minimum Gasteiger partial charge on any atom is -0.481 e. The number of hydrogen-bond donors (Lipinski definition) is 3. The molecule has 3 rings (SSSR count). The number of nitrogens with one attached hydrogen (secondary N) is 2. The maximum Gasteiger partial charge on any atom is 0.307 e. The van der Waals surface area contributed by atoms with Crippen LogP contribution in [0.25, 0.3) is 11.0 Å². The van der Waals surface area contributed by atoms with Gasteiger partial charge >= 0.3 is 5.97 Å². The van der Waals surface area contributed by atoms with Gasteiger partial charge in [-0.1, -0.05) is 26.0 Å². The Morgan fingerprint density at radius 1 is 1.39 bits per heavy atom. The molecule has 2 aromatic rings. The lowest BCUT2D eigenvalue weighted by Crippen LogP contribution is -2.27. The summed E-state index contributed by atoms with van der Waals surface area (Å²) in [7, 11) is 0. The number of aromatic nitrogens is 2. The molecule has 0 amide bonds. The number of carboxylic acids is 1. The average Bonchev–Trinajstić information content (AvgIpc) is 3.13. The van der Waals surface area contributed by atoms with Gasteiger partial charge in [0, 0.05) is 6.42 Å². The van der Waals surface area contributed by atoms with Crippen LogP contribution in [0.15, 0.2) is 18.2 Å². The van der Waals surface area contributed by atoms with Crippen molar-refractivity contribution in [3.63, 3.8) is 0 Å². The number of fused-ring (bicyclic) bond motifs is 1. The summed E-state index contributed by atoms with van der Waals surface area (Å²) in [4.78, 5) is 19.7. The third-order valence-corrected chi connectivity index (χ3v) is 4.67. The van der Waals surface area contributed by atoms with Crippen molar-refractivity contribution in [2.24, 2.45) is 17.8 Å². The molecule has 2 unspecified atom stereocenters. The van der Waals surface area contributed by atoms with Crippen LogP contribution < -0.4 is 5.32 Å². The molecule has 2 atom stereocenters. The van der Waals surface area contributed by atoms with E-state index >= 15 is 0 Å². The number of aliphatic carboxylic acids is 1. The zero-order valence-electron chi connectivity index (χ0n) is 13.8. The van der Waals surface area contributed by atoms with E-state index in [4.69, 9.17) is 4.98 Å². The highest BCUT2D eigenvalue weighted by molar-refractivity contribution is 5.79. The maximum atomic E-state index is 11.6. The Bertz CT molecular complexity index is 687. The second-order valence-electron chi connectivity index (χ2n) is 7.00. The van der Waals surface area contributed by atoms with E-state index in [-0.39, 0.29) is 11.8 Å². The van der Waals surface area contributed by atoms with E-state index in [0.29, 0.717) is 12.3 Å². The van der Waals surface area contributed by atoms with E-state index in [2.05, 4.69) is 30.2 Å². The molecular weight excluding hydrogens is 290 g/mol. The lowest BCUT2D eigenvalue weighted by Gasteiger charge is -2.17. The number of carboxylic acid groups (broad SMARTS) is 1. The van der Waals surface area contributed by atoms with E-state index < -0.39 is 5.97 Å². The Balaban J connectivity index is 1.86. The van der Waals surface area contributed by atoms with Crippen molar-refractivity contribution in [3.8, 4) is 0 Å². The first-order chi connectivity index (χ1) is 11.0. The average molecular weight is 315 g/mol. The Hall–Kier alpha value is -1.88. The highest BCUT2D eigenvalue weighted by Crippen LogP contribution is 2.25. The topological polar surface area (TPSA) is 78.0 Å². The predicted molar refractivity (Wildman–Crippen MR) is 90.4 cm³/mol. The number of rotatable bonds is 6. The van der Waals surface area contributed by atoms with Gasteiger partial charge in [0.15, 0.2) is 0 Å². The monoisotopic (exact) mass is 315 g/mol. The second kappa shape index (κ2) is 6.71. The number of aromatic amines is 1. The molecule has 23 heavy (non-hydrogen) atoms. The number of para-hydroxylation sites is 1. The number of imidazole rings is 1. The molecule has 2 heterocycles. The SMILES string of the molecule is CC(C)Cc1cccc2[nH]c(CC(C(=O)O)C3CCNC3)nc12. The number of hydrogen-bond acceptors (Lipinski definition) is 3. The maximum absolute atomic E-state index is 11.6. The molecule has 1 aromatic heterocycles. The fourth-order valence-corrected chi connectivity index (χ4v) is 3.53. The number of nitrogens with zero attached hydrogens (tertiary/aromatic N) is 1. The minimum absolute atomic E-state index is 0.191. The molecule has 5 nitrogen and oxygen atoms in total. The number of H-pyrrole nitrogens is 1. The molecule has 5 heteroatoms. The van der Waals surface area contributed by atoms with Crippen LogP contribution in [0, 0.1) is 17.8 Å². The van der Waals surface area contributed by atoms with Crippen LogP contribution >= 0.6 is 0 Å². The first-order valence-electron chi connectivity index (χ1n) is 8.44. The van der Waals surface area contributed by atoms with Gasteiger partial charge in [-0.25, -0.2) is 4.98 Å². The molecule has 1 aliphatic heterocycles. The van der Waals surface area contributed by atoms with E-state index in [1.807, 2.05) is 12.1 Å². The van der Waals surface area contributed by atoms with Gasteiger partial charge in [-0.2, -0.15) is 0 Å². The Morgan fingerprint density at radius 3 is 2.87 bits per heavy atom. The highest BCUT2D eigenvalue weighted by Gasteiger charge is 2.31. The van der Waals surface area contributed by atoms with Crippen LogP contribution in [-0.2, 0) is 17.6 Å². The Kier molecular flexibility index (Phi) is 4.66. The molecule has 0 aliphatic carbocycles. The van der Waals surface area contributed by atoms with Crippen molar-refractivity contribution in [1.82, 2.24) is 15.3 Å². The van der Waals surface area contributed by atoms with Crippen LogP contribution in [0.3, 0.4) is 0 Å². The van der Waals surface area contributed by atoms with Crippen LogP contribution in [-0.4, -0.2) is 34.1 Å². The highest BCUT2D eigenvalue weighted by atomic mass is 16.4. The molecule has 3 N–H and O–H groups in total. The van der Waals surface area contributed by atoms with Gasteiger partial charge in [-0.05, 0) is 49.4 Å². The van der Waals surface area contributed by atoms with Crippen molar-refractivity contribution >= 4 is 17.0 Å². The van der Waals surface area contributed by atoms with E-state index in [9.17, 15) is 9.90 Å². The molecule has 1 aromatic carbocycles. The van der Waals surface area contributed by atoms with Crippen LogP contribution in [0.4, 0.5) is 0 Å². The van der Waals surface area contributed by atoms with Gasteiger partial charge < -0.3 is 15.4 Å². The third kappa shape index (κ3) is 3.55. The smallest absolute Gasteiger partial charge is 0.307 e. The normalized spacial score (nSPS) is 19.5. The fraction of sp³-hybridized carbons (Fsp3) is 0.556. The van der Waals surface area contributed by atoms with Gasteiger partial charge in [-0.15, -0.1) is 0 Å². The Labute approximate surface area is 136 Å². The van der Waals surface area contributed by atoms with Gasteiger partial charge in [0.25, 0.3) is 0 Å². The molecule has 1 saturated heterocycles. The minimum atomic E-state index is -0.721. The number of benzene rings is 1. The Morgan fingerprint density at radius 2 is 2.22 bits per heavy atom. The largest absolute Gasteiger partial charge is 0.481 e. The molecule has 1 fully saturated rings.